The lowest BCUT2D eigenvalue weighted by Crippen LogP contribution is -2.03. The molecule has 0 radical (unpaired) electrons. The highest BCUT2D eigenvalue weighted by atomic mass is 79.9. The van der Waals surface area contributed by atoms with Gasteiger partial charge < -0.3 is 9.97 Å². The minimum Gasteiger partial charge on any atom is -0.355 e. The van der Waals surface area contributed by atoms with E-state index in [1.165, 1.54) is 0 Å². The third kappa shape index (κ3) is 4.21. The van der Waals surface area contributed by atoms with Crippen LogP contribution in [0.5, 0.6) is 0 Å². The molecule has 0 aliphatic carbocycles. The Morgan fingerprint density at radius 2 is 1.27 bits per heavy atom. The predicted octanol–water partition coefficient (Wildman–Crippen LogP) is 5.77. The van der Waals surface area contributed by atoms with E-state index in [0.717, 1.165) is 27.0 Å². The van der Waals surface area contributed by atoms with E-state index in [-0.39, 0.29) is 11.6 Å². The van der Waals surface area contributed by atoms with Crippen LogP contribution in [0.3, 0.4) is 0 Å². The molecule has 2 heterocycles. The van der Waals surface area contributed by atoms with Crippen LogP contribution in [-0.4, -0.2) is 21.5 Å². The van der Waals surface area contributed by atoms with Gasteiger partial charge in [0.1, 0.15) is 0 Å². The second-order valence-electron chi connectivity index (χ2n) is 7.47. The number of aromatic amines is 2. The first-order valence-electron chi connectivity index (χ1n) is 9.69. The first kappa shape index (κ1) is 20.1. The molecule has 0 amide bonds. The molecule has 0 unspecified atom stereocenters. The molecule has 2 aromatic heterocycles. The van der Waals surface area contributed by atoms with Crippen molar-refractivity contribution in [1.29, 1.82) is 0 Å². The van der Waals surface area contributed by atoms with Crippen LogP contribution in [-0.2, 0) is 6.42 Å². The van der Waals surface area contributed by atoms with Gasteiger partial charge in [0.25, 0.3) is 0 Å². The fraction of sp³-hybridized carbons (Fsp3) is 0.120. The minimum absolute atomic E-state index is 0.0398. The standard InChI is InChI=1S/C25H21BrN2O2/c1-15-3-7-17(8-4-15)24(29)21-12-11-19(27-21)13-22-20(26)14-23(28-22)25(30)18-9-5-16(2)6-10-18/h3-12,14,27-28H,13H2,1-2H3. The van der Waals surface area contributed by atoms with Crippen LogP contribution in [0, 0.1) is 13.8 Å². The van der Waals surface area contributed by atoms with Crippen molar-refractivity contribution < 1.29 is 9.59 Å². The lowest BCUT2D eigenvalue weighted by Gasteiger charge is -2.01. The van der Waals surface area contributed by atoms with Gasteiger partial charge in [-0.05, 0) is 48.0 Å². The van der Waals surface area contributed by atoms with Gasteiger partial charge in [0, 0.05) is 33.4 Å². The molecular formula is C25H21BrN2O2. The van der Waals surface area contributed by atoms with Crippen molar-refractivity contribution >= 4 is 27.5 Å². The quantitative estimate of drug-likeness (QED) is 0.358. The zero-order valence-corrected chi connectivity index (χ0v) is 18.3. The molecule has 2 N–H and O–H groups in total. The lowest BCUT2D eigenvalue weighted by atomic mass is 10.1. The van der Waals surface area contributed by atoms with Crippen molar-refractivity contribution in [2.24, 2.45) is 0 Å². The molecule has 0 fully saturated rings. The lowest BCUT2D eigenvalue weighted by molar-refractivity contribution is 0.102. The van der Waals surface area contributed by atoms with Gasteiger partial charge in [-0.1, -0.05) is 59.7 Å². The maximum Gasteiger partial charge on any atom is 0.209 e. The Hall–Kier alpha value is -3.18. The second kappa shape index (κ2) is 8.28. The molecule has 0 saturated heterocycles. The van der Waals surface area contributed by atoms with E-state index < -0.39 is 0 Å². The number of carbonyl (C=O) groups excluding carboxylic acids is 2. The number of benzene rings is 2. The molecular weight excluding hydrogens is 440 g/mol. The van der Waals surface area contributed by atoms with E-state index in [1.54, 1.807) is 12.1 Å². The highest BCUT2D eigenvalue weighted by Crippen LogP contribution is 2.23. The number of nitrogens with one attached hydrogen (secondary N) is 2. The topological polar surface area (TPSA) is 65.7 Å². The van der Waals surface area contributed by atoms with Gasteiger partial charge >= 0.3 is 0 Å². The highest BCUT2D eigenvalue weighted by molar-refractivity contribution is 9.10. The van der Waals surface area contributed by atoms with Crippen molar-refractivity contribution in [3.05, 3.63) is 116 Å². The molecule has 150 valence electrons. The van der Waals surface area contributed by atoms with Crippen molar-refractivity contribution in [2.45, 2.75) is 20.3 Å². The van der Waals surface area contributed by atoms with Crippen LogP contribution >= 0.6 is 15.9 Å². The van der Waals surface area contributed by atoms with Gasteiger partial charge in [-0.15, -0.1) is 0 Å². The number of aryl methyl sites for hydroxylation is 2. The van der Waals surface area contributed by atoms with Gasteiger partial charge in [-0.25, -0.2) is 0 Å². The largest absolute Gasteiger partial charge is 0.355 e. The van der Waals surface area contributed by atoms with Crippen molar-refractivity contribution in [3.63, 3.8) is 0 Å². The Morgan fingerprint density at radius 1 is 0.733 bits per heavy atom. The Bertz CT molecular complexity index is 1220. The molecule has 0 aliphatic rings. The summed E-state index contributed by atoms with van der Waals surface area (Å²) in [6.07, 6.45) is 0.545. The maximum absolute atomic E-state index is 12.7. The molecule has 4 nitrogen and oxygen atoms in total. The summed E-state index contributed by atoms with van der Waals surface area (Å²) in [5, 5.41) is 0. The number of H-pyrrole nitrogens is 2. The number of halogens is 1. The van der Waals surface area contributed by atoms with Gasteiger partial charge in [0.2, 0.25) is 11.6 Å². The molecule has 2 aromatic carbocycles. The highest BCUT2D eigenvalue weighted by Gasteiger charge is 2.16. The molecule has 0 saturated carbocycles. The number of rotatable bonds is 6. The fourth-order valence-electron chi connectivity index (χ4n) is 3.31. The number of carbonyl (C=O) groups is 2. The molecule has 30 heavy (non-hydrogen) atoms. The normalized spacial score (nSPS) is 10.9. The van der Waals surface area contributed by atoms with Crippen LogP contribution in [0.1, 0.15) is 54.6 Å². The summed E-state index contributed by atoms with van der Waals surface area (Å²) in [6, 6.07) is 20.6. The van der Waals surface area contributed by atoms with Crippen LogP contribution in [0.2, 0.25) is 0 Å². The van der Waals surface area contributed by atoms with Gasteiger partial charge in [-0.2, -0.15) is 0 Å². The third-order valence-electron chi connectivity index (χ3n) is 5.08. The van der Waals surface area contributed by atoms with Gasteiger partial charge in [-0.3, -0.25) is 9.59 Å². The Labute approximate surface area is 183 Å². The number of aromatic nitrogens is 2. The molecule has 0 aliphatic heterocycles. The average molecular weight is 461 g/mol. The first-order valence-corrected chi connectivity index (χ1v) is 10.5. The van der Waals surface area contributed by atoms with Crippen molar-refractivity contribution in [1.82, 2.24) is 9.97 Å². The van der Waals surface area contributed by atoms with Crippen LogP contribution < -0.4 is 0 Å². The molecule has 4 aromatic rings. The fourth-order valence-corrected chi connectivity index (χ4v) is 3.78. The molecule has 0 atom stereocenters. The van der Waals surface area contributed by atoms with Crippen LogP contribution in [0.25, 0.3) is 0 Å². The van der Waals surface area contributed by atoms with Gasteiger partial charge in [0.05, 0.1) is 11.4 Å². The second-order valence-corrected chi connectivity index (χ2v) is 8.33. The molecule has 0 bridgehead atoms. The Kier molecular flexibility index (Phi) is 5.55. The van der Waals surface area contributed by atoms with Crippen molar-refractivity contribution in [2.75, 3.05) is 0 Å². The summed E-state index contributed by atoms with van der Waals surface area (Å²) in [4.78, 5) is 31.8. The molecule has 0 spiro atoms. The number of ketones is 2. The van der Waals surface area contributed by atoms with Gasteiger partial charge in [0.15, 0.2) is 0 Å². The minimum atomic E-state index is -0.0522. The van der Waals surface area contributed by atoms with Crippen LogP contribution in [0.4, 0.5) is 0 Å². The van der Waals surface area contributed by atoms with E-state index in [4.69, 9.17) is 0 Å². The summed E-state index contributed by atoms with van der Waals surface area (Å²) in [5.41, 5.74) is 6.38. The van der Waals surface area contributed by atoms with Crippen molar-refractivity contribution in [3.8, 4) is 0 Å². The number of hydrogen-bond acceptors (Lipinski definition) is 2. The monoisotopic (exact) mass is 460 g/mol. The smallest absolute Gasteiger partial charge is 0.209 e. The SMILES string of the molecule is Cc1ccc(C(=O)c2ccc(Cc3[nH]c(C(=O)c4ccc(C)cc4)cc3Br)[nH]2)cc1. The summed E-state index contributed by atoms with van der Waals surface area (Å²) in [5.74, 6) is -0.0919. The summed E-state index contributed by atoms with van der Waals surface area (Å²) < 4.78 is 0.832. The Morgan fingerprint density at radius 3 is 1.83 bits per heavy atom. The summed E-state index contributed by atoms with van der Waals surface area (Å²) in [6.45, 7) is 3.98. The van der Waals surface area contributed by atoms with E-state index in [9.17, 15) is 9.59 Å². The summed E-state index contributed by atoms with van der Waals surface area (Å²) >= 11 is 3.54. The van der Waals surface area contributed by atoms with E-state index in [1.807, 2.05) is 68.4 Å². The predicted molar refractivity (Wildman–Crippen MR) is 121 cm³/mol. The molecule has 5 heteroatoms. The Balaban J connectivity index is 1.51. The third-order valence-corrected chi connectivity index (χ3v) is 5.78. The zero-order chi connectivity index (χ0) is 21.3. The average Bonchev–Trinajstić information content (AvgIpc) is 3.35. The zero-order valence-electron chi connectivity index (χ0n) is 16.8. The van der Waals surface area contributed by atoms with E-state index >= 15 is 0 Å². The van der Waals surface area contributed by atoms with Crippen LogP contribution in [0.15, 0.2) is 71.2 Å². The van der Waals surface area contributed by atoms with E-state index in [0.29, 0.717) is 28.9 Å². The molecule has 4 rings (SSSR count). The number of hydrogen-bond donors (Lipinski definition) is 2. The van der Waals surface area contributed by atoms with E-state index in [2.05, 4.69) is 25.9 Å². The summed E-state index contributed by atoms with van der Waals surface area (Å²) in [7, 11) is 0. The maximum atomic E-state index is 12.7. The first-order chi connectivity index (χ1) is 14.4.